The maximum Gasteiger partial charge on any atom is 0.0955 e. The van der Waals surface area contributed by atoms with Gasteiger partial charge in [-0.05, 0) is 25.7 Å². The zero-order chi connectivity index (χ0) is 10.7. The molecule has 1 aromatic rings. The molecular weight excluding hydrogens is 370 g/mol. The molecule has 0 aromatic heterocycles. The molecule has 1 fully saturated rings. The van der Waals surface area contributed by atoms with Gasteiger partial charge in [0.15, 0.2) is 0 Å². The minimum absolute atomic E-state index is 0. The maximum atomic E-state index is 5.88. The summed E-state index contributed by atoms with van der Waals surface area (Å²) >= 11 is 0. The molecule has 88 valence electrons. The SMILES string of the molecule is CN(C)c1cc[c-]c(OC2CCCC2)c1.[W]. The van der Waals surface area contributed by atoms with Crippen LogP contribution >= 0.6 is 0 Å². The molecule has 0 amide bonds. The monoisotopic (exact) mass is 388 g/mol. The molecule has 0 heterocycles. The van der Waals surface area contributed by atoms with Crippen LogP contribution in [0.15, 0.2) is 18.2 Å². The molecule has 0 bridgehead atoms. The van der Waals surface area contributed by atoms with E-state index < -0.39 is 0 Å². The fraction of sp³-hybridized carbons (Fsp3) is 0.538. The van der Waals surface area contributed by atoms with E-state index in [0.29, 0.717) is 6.10 Å². The fourth-order valence-corrected chi connectivity index (χ4v) is 1.97. The van der Waals surface area contributed by atoms with E-state index in [9.17, 15) is 0 Å². The molecule has 16 heavy (non-hydrogen) atoms. The van der Waals surface area contributed by atoms with E-state index in [1.54, 1.807) is 0 Å². The molecule has 0 saturated heterocycles. The molecule has 2 rings (SSSR count). The van der Waals surface area contributed by atoms with Crippen LogP contribution in [-0.2, 0) is 21.1 Å². The van der Waals surface area contributed by atoms with Crippen LogP contribution in [0.5, 0.6) is 5.75 Å². The van der Waals surface area contributed by atoms with Crippen molar-refractivity contribution in [3.8, 4) is 5.75 Å². The minimum Gasteiger partial charge on any atom is -0.516 e. The molecular formula is C13H18NOW-. The van der Waals surface area contributed by atoms with Crippen LogP contribution in [0.1, 0.15) is 25.7 Å². The van der Waals surface area contributed by atoms with E-state index in [1.807, 2.05) is 26.2 Å². The van der Waals surface area contributed by atoms with Crippen molar-refractivity contribution >= 4 is 5.69 Å². The van der Waals surface area contributed by atoms with Gasteiger partial charge in [-0.2, -0.15) is 6.07 Å². The summed E-state index contributed by atoms with van der Waals surface area (Å²) in [6.45, 7) is 0. The summed E-state index contributed by atoms with van der Waals surface area (Å²) in [5.74, 6) is 0.883. The molecule has 1 aliphatic carbocycles. The second-order valence-electron chi connectivity index (χ2n) is 4.33. The number of nitrogens with zero attached hydrogens (tertiary/aromatic N) is 1. The Bertz CT molecular complexity index is 321. The molecule has 3 heteroatoms. The molecule has 1 aromatic carbocycles. The molecule has 2 nitrogen and oxygen atoms in total. The largest absolute Gasteiger partial charge is 0.516 e. The zero-order valence-corrected chi connectivity index (χ0v) is 12.8. The summed E-state index contributed by atoms with van der Waals surface area (Å²) in [6, 6.07) is 9.17. The average Bonchev–Trinajstić information content (AvgIpc) is 2.71. The minimum atomic E-state index is 0. The predicted octanol–water partition coefficient (Wildman–Crippen LogP) is 2.87. The predicted molar refractivity (Wildman–Crippen MR) is 62.5 cm³/mol. The second-order valence-corrected chi connectivity index (χ2v) is 4.33. The summed E-state index contributed by atoms with van der Waals surface area (Å²) in [7, 11) is 4.07. The average molecular weight is 388 g/mol. The molecule has 0 aliphatic heterocycles. The Labute approximate surface area is 112 Å². The van der Waals surface area contributed by atoms with E-state index in [-0.39, 0.29) is 21.1 Å². The van der Waals surface area contributed by atoms with Crippen LogP contribution in [0, 0.1) is 6.07 Å². The van der Waals surface area contributed by atoms with Crippen LogP contribution in [0.25, 0.3) is 0 Å². The van der Waals surface area contributed by atoms with Crippen molar-refractivity contribution in [2.24, 2.45) is 0 Å². The summed E-state index contributed by atoms with van der Waals surface area (Å²) in [4.78, 5) is 2.08. The standard InChI is InChI=1S/C13H18NO.W/c1-14(2)11-6-5-9-13(10-11)15-12-7-3-4-8-12;/h5-6,10,12H,3-4,7-8H2,1-2H3;/q-1;. The van der Waals surface area contributed by atoms with Gasteiger partial charge in [0.25, 0.3) is 0 Å². The topological polar surface area (TPSA) is 12.5 Å². The van der Waals surface area contributed by atoms with Crippen molar-refractivity contribution in [3.05, 3.63) is 24.3 Å². The smallest absolute Gasteiger partial charge is 0.0955 e. The molecule has 0 atom stereocenters. The number of benzene rings is 1. The van der Waals surface area contributed by atoms with Gasteiger partial charge in [0, 0.05) is 40.9 Å². The van der Waals surface area contributed by atoms with Gasteiger partial charge in [-0.3, -0.25) is 0 Å². The van der Waals surface area contributed by atoms with Gasteiger partial charge in [-0.1, -0.05) is 5.69 Å². The number of rotatable bonds is 3. The van der Waals surface area contributed by atoms with E-state index in [2.05, 4.69) is 17.0 Å². The Kier molecular flexibility index (Phi) is 5.34. The molecule has 1 aliphatic rings. The third-order valence-electron chi connectivity index (χ3n) is 2.87. The summed E-state index contributed by atoms with van der Waals surface area (Å²) < 4.78 is 5.88. The van der Waals surface area contributed by atoms with Crippen molar-refractivity contribution in [1.29, 1.82) is 0 Å². The first-order valence-electron chi connectivity index (χ1n) is 5.61. The van der Waals surface area contributed by atoms with Gasteiger partial charge in [-0.25, -0.2) is 0 Å². The molecule has 0 unspecified atom stereocenters. The Morgan fingerprint density at radius 1 is 1.31 bits per heavy atom. The number of hydrogen-bond donors (Lipinski definition) is 0. The van der Waals surface area contributed by atoms with E-state index >= 15 is 0 Å². The normalized spacial score (nSPS) is 15.6. The second kappa shape index (κ2) is 6.29. The molecule has 0 N–H and O–H groups in total. The van der Waals surface area contributed by atoms with Gasteiger partial charge in [-0.15, -0.1) is 18.2 Å². The molecule has 0 spiro atoms. The van der Waals surface area contributed by atoms with Crippen LogP contribution in [-0.4, -0.2) is 20.2 Å². The Morgan fingerprint density at radius 3 is 2.62 bits per heavy atom. The Hall–Kier alpha value is -0.492. The number of anilines is 1. The zero-order valence-electron chi connectivity index (χ0n) is 9.90. The number of ether oxygens (including phenoxy) is 1. The van der Waals surface area contributed by atoms with E-state index in [1.165, 1.54) is 31.4 Å². The third kappa shape index (κ3) is 3.52. The summed E-state index contributed by atoms with van der Waals surface area (Å²) in [6.07, 6.45) is 5.41. The first-order chi connectivity index (χ1) is 7.25. The van der Waals surface area contributed by atoms with Crippen molar-refractivity contribution in [2.45, 2.75) is 31.8 Å². The van der Waals surface area contributed by atoms with Crippen LogP contribution in [0.4, 0.5) is 5.69 Å². The maximum absolute atomic E-state index is 5.88. The van der Waals surface area contributed by atoms with Gasteiger partial charge in [0.1, 0.15) is 0 Å². The van der Waals surface area contributed by atoms with Gasteiger partial charge in [0.2, 0.25) is 0 Å². The van der Waals surface area contributed by atoms with Crippen LogP contribution < -0.4 is 9.64 Å². The summed E-state index contributed by atoms with van der Waals surface area (Å²) in [5, 5.41) is 0. The quantitative estimate of drug-likeness (QED) is 0.739. The summed E-state index contributed by atoms with van der Waals surface area (Å²) in [5.41, 5.74) is 1.17. The third-order valence-corrected chi connectivity index (χ3v) is 2.87. The van der Waals surface area contributed by atoms with Gasteiger partial charge in [0.05, 0.1) is 6.10 Å². The van der Waals surface area contributed by atoms with Gasteiger partial charge < -0.3 is 9.64 Å². The van der Waals surface area contributed by atoms with Crippen molar-refractivity contribution in [2.75, 3.05) is 19.0 Å². The first-order valence-corrected chi connectivity index (χ1v) is 5.61. The Morgan fingerprint density at radius 2 is 2.00 bits per heavy atom. The fourth-order valence-electron chi connectivity index (χ4n) is 1.97. The van der Waals surface area contributed by atoms with Crippen LogP contribution in [0.2, 0.25) is 0 Å². The Balaban J connectivity index is 0.00000128. The van der Waals surface area contributed by atoms with Gasteiger partial charge >= 0.3 is 0 Å². The van der Waals surface area contributed by atoms with E-state index in [0.717, 1.165) is 5.75 Å². The van der Waals surface area contributed by atoms with Crippen molar-refractivity contribution < 1.29 is 25.8 Å². The van der Waals surface area contributed by atoms with Crippen molar-refractivity contribution in [3.63, 3.8) is 0 Å². The first kappa shape index (κ1) is 13.6. The number of hydrogen-bond acceptors (Lipinski definition) is 2. The molecule has 0 radical (unpaired) electrons. The molecule has 1 saturated carbocycles. The van der Waals surface area contributed by atoms with Crippen LogP contribution in [0.3, 0.4) is 0 Å². The van der Waals surface area contributed by atoms with Crippen molar-refractivity contribution in [1.82, 2.24) is 0 Å². The van der Waals surface area contributed by atoms with E-state index in [4.69, 9.17) is 4.74 Å².